The number of piperidine rings is 1. The molecule has 2 atom stereocenters. The van der Waals surface area contributed by atoms with Crippen LogP contribution in [0.15, 0.2) is 0 Å². The van der Waals surface area contributed by atoms with Crippen molar-refractivity contribution in [2.75, 3.05) is 26.3 Å². The number of hydrogen-bond acceptors (Lipinski definition) is 2. The van der Waals surface area contributed by atoms with Crippen LogP contribution in [0.1, 0.15) is 19.8 Å². The second-order valence-corrected chi connectivity index (χ2v) is 3.68. The third-order valence-corrected chi connectivity index (χ3v) is 2.61. The lowest BCUT2D eigenvalue weighted by molar-refractivity contribution is 0.0282. The highest BCUT2D eigenvalue weighted by molar-refractivity contribution is 4.76. The molecule has 12 heavy (non-hydrogen) atoms. The van der Waals surface area contributed by atoms with E-state index in [-0.39, 0.29) is 12.8 Å². The zero-order chi connectivity index (χ0) is 8.97. The molecule has 1 saturated heterocycles. The Hall–Kier alpha value is -0.150. The van der Waals surface area contributed by atoms with Gasteiger partial charge >= 0.3 is 0 Å². The van der Waals surface area contributed by atoms with Crippen molar-refractivity contribution in [1.29, 1.82) is 0 Å². The van der Waals surface area contributed by atoms with Crippen LogP contribution in [0, 0.1) is 5.92 Å². The molecule has 1 rings (SSSR count). The standard InChI is InChI=1S/C9H18FNO/c1-8-3-6-11(5-2-4-10)7-9(8)12/h8-9,12H,2-7H2,1H3. The number of rotatable bonds is 3. The van der Waals surface area contributed by atoms with Crippen LogP contribution >= 0.6 is 0 Å². The zero-order valence-corrected chi connectivity index (χ0v) is 7.67. The van der Waals surface area contributed by atoms with Crippen molar-refractivity contribution in [3.63, 3.8) is 0 Å². The van der Waals surface area contributed by atoms with E-state index in [4.69, 9.17) is 0 Å². The Morgan fingerprint density at radius 3 is 2.92 bits per heavy atom. The lowest BCUT2D eigenvalue weighted by Gasteiger charge is -2.33. The summed E-state index contributed by atoms with van der Waals surface area (Å²) < 4.78 is 11.8. The maximum atomic E-state index is 11.8. The van der Waals surface area contributed by atoms with Gasteiger partial charge in [-0.15, -0.1) is 0 Å². The van der Waals surface area contributed by atoms with E-state index in [2.05, 4.69) is 11.8 Å². The summed E-state index contributed by atoms with van der Waals surface area (Å²) in [7, 11) is 0. The highest BCUT2D eigenvalue weighted by Crippen LogP contribution is 2.16. The minimum absolute atomic E-state index is 0.210. The molecule has 0 radical (unpaired) electrons. The predicted octanol–water partition coefficient (Wildman–Crippen LogP) is 1.05. The molecule has 2 unspecified atom stereocenters. The summed E-state index contributed by atoms with van der Waals surface area (Å²) in [6, 6.07) is 0. The third kappa shape index (κ3) is 2.72. The van der Waals surface area contributed by atoms with Gasteiger partial charge in [-0.1, -0.05) is 6.92 Å². The van der Waals surface area contributed by atoms with Crippen molar-refractivity contribution in [2.24, 2.45) is 5.92 Å². The van der Waals surface area contributed by atoms with Gasteiger partial charge in [0.05, 0.1) is 12.8 Å². The smallest absolute Gasteiger partial charge is 0.0906 e. The van der Waals surface area contributed by atoms with E-state index in [0.717, 1.165) is 26.1 Å². The predicted molar refractivity (Wildman–Crippen MR) is 46.8 cm³/mol. The number of aliphatic hydroxyl groups is 1. The van der Waals surface area contributed by atoms with Crippen LogP contribution in [-0.4, -0.2) is 42.4 Å². The summed E-state index contributed by atoms with van der Waals surface area (Å²) in [4.78, 5) is 2.14. The van der Waals surface area contributed by atoms with Crippen LogP contribution in [0.5, 0.6) is 0 Å². The Bertz CT molecular complexity index is 130. The van der Waals surface area contributed by atoms with Crippen LogP contribution in [-0.2, 0) is 0 Å². The van der Waals surface area contributed by atoms with E-state index < -0.39 is 0 Å². The number of halogens is 1. The molecule has 0 aliphatic carbocycles. The van der Waals surface area contributed by atoms with Gasteiger partial charge in [-0.3, -0.25) is 4.39 Å². The van der Waals surface area contributed by atoms with Gasteiger partial charge in [-0.25, -0.2) is 0 Å². The summed E-state index contributed by atoms with van der Waals surface area (Å²) in [6.07, 6.45) is 1.42. The number of β-amino-alcohol motifs (C(OH)–C–C–N with tert-alkyl or cyclic N) is 1. The number of aliphatic hydroxyl groups excluding tert-OH is 1. The van der Waals surface area contributed by atoms with Gasteiger partial charge in [0.2, 0.25) is 0 Å². The van der Waals surface area contributed by atoms with Gasteiger partial charge in [0.15, 0.2) is 0 Å². The average Bonchev–Trinajstić information content (AvgIpc) is 2.07. The van der Waals surface area contributed by atoms with Crippen molar-refractivity contribution in [3.8, 4) is 0 Å². The first kappa shape index (κ1) is 9.93. The van der Waals surface area contributed by atoms with E-state index in [1.807, 2.05) is 0 Å². The number of alkyl halides is 1. The Kier molecular flexibility index (Phi) is 3.95. The molecule has 72 valence electrons. The van der Waals surface area contributed by atoms with Crippen LogP contribution in [0.2, 0.25) is 0 Å². The van der Waals surface area contributed by atoms with Crippen molar-refractivity contribution < 1.29 is 9.50 Å². The normalized spacial score (nSPS) is 32.2. The Balaban J connectivity index is 2.21. The van der Waals surface area contributed by atoms with E-state index in [0.29, 0.717) is 12.3 Å². The quantitative estimate of drug-likeness (QED) is 0.693. The van der Waals surface area contributed by atoms with Gasteiger partial charge in [-0.05, 0) is 25.3 Å². The highest BCUT2D eigenvalue weighted by atomic mass is 19.1. The van der Waals surface area contributed by atoms with Crippen molar-refractivity contribution in [2.45, 2.75) is 25.9 Å². The molecule has 0 spiro atoms. The van der Waals surface area contributed by atoms with Gasteiger partial charge in [-0.2, -0.15) is 0 Å². The fraction of sp³-hybridized carbons (Fsp3) is 1.00. The SMILES string of the molecule is CC1CCN(CCCF)CC1O. The van der Waals surface area contributed by atoms with E-state index in [1.54, 1.807) is 0 Å². The summed E-state index contributed by atoms with van der Waals surface area (Å²) in [5, 5.41) is 9.51. The molecular weight excluding hydrogens is 157 g/mol. The van der Waals surface area contributed by atoms with Gasteiger partial charge in [0.1, 0.15) is 0 Å². The summed E-state index contributed by atoms with van der Waals surface area (Å²) in [5.41, 5.74) is 0. The molecule has 1 aliphatic rings. The fourth-order valence-electron chi connectivity index (χ4n) is 1.60. The highest BCUT2D eigenvalue weighted by Gasteiger charge is 2.23. The minimum Gasteiger partial charge on any atom is -0.392 e. The van der Waals surface area contributed by atoms with Crippen molar-refractivity contribution in [1.82, 2.24) is 4.90 Å². The van der Waals surface area contributed by atoms with Gasteiger partial charge in [0, 0.05) is 13.1 Å². The molecule has 0 aromatic heterocycles. The molecule has 2 nitrogen and oxygen atoms in total. The molecule has 0 bridgehead atoms. The lowest BCUT2D eigenvalue weighted by Crippen LogP contribution is -2.43. The summed E-state index contributed by atoms with van der Waals surface area (Å²) in [6.45, 7) is 4.35. The molecular formula is C9H18FNO. The number of nitrogens with zero attached hydrogens (tertiary/aromatic N) is 1. The molecule has 0 amide bonds. The van der Waals surface area contributed by atoms with Crippen molar-refractivity contribution in [3.05, 3.63) is 0 Å². The third-order valence-electron chi connectivity index (χ3n) is 2.61. The Morgan fingerprint density at radius 1 is 1.58 bits per heavy atom. The molecule has 0 aromatic rings. The zero-order valence-electron chi connectivity index (χ0n) is 7.67. The topological polar surface area (TPSA) is 23.5 Å². The van der Waals surface area contributed by atoms with Gasteiger partial charge in [0.25, 0.3) is 0 Å². The Labute approximate surface area is 73.4 Å². The van der Waals surface area contributed by atoms with Crippen molar-refractivity contribution >= 4 is 0 Å². The molecule has 1 aliphatic heterocycles. The largest absolute Gasteiger partial charge is 0.392 e. The maximum Gasteiger partial charge on any atom is 0.0906 e. The molecule has 0 saturated carbocycles. The number of likely N-dealkylation sites (tertiary alicyclic amines) is 1. The monoisotopic (exact) mass is 175 g/mol. The lowest BCUT2D eigenvalue weighted by atomic mass is 9.96. The minimum atomic E-state index is -0.248. The van der Waals surface area contributed by atoms with Crippen LogP contribution in [0.4, 0.5) is 4.39 Å². The van der Waals surface area contributed by atoms with E-state index in [9.17, 15) is 9.50 Å². The molecule has 1 heterocycles. The molecule has 1 fully saturated rings. The Morgan fingerprint density at radius 2 is 2.33 bits per heavy atom. The second-order valence-electron chi connectivity index (χ2n) is 3.68. The first-order valence-corrected chi connectivity index (χ1v) is 4.70. The van der Waals surface area contributed by atoms with Crippen LogP contribution in [0.25, 0.3) is 0 Å². The molecule has 1 N–H and O–H groups in total. The summed E-state index contributed by atoms with van der Waals surface area (Å²) in [5.74, 6) is 0.409. The first-order valence-electron chi connectivity index (χ1n) is 4.70. The van der Waals surface area contributed by atoms with Gasteiger partial charge < -0.3 is 10.0 Å². The molecule has 3 heteroatoms. The second kappa shape index (κ2) is 4.77. The van der Waals surface area contributed by atoms with E-state index >= 15 is 0 Å². The number of hydrogen-bond donors (Lipinski definition) is 1. The summed E-state index contributed by atoms with van der Waals surface area (Å²) >= 11 is 0. The first-order chi connectivity index (χ1) is 5.74. The van der Waals surface area contributed by atoms with Crippen LogP contribution in [0.3, 0.4) is 0 Å². The van der Waals surface area contributed by atoms with E-state index in [1.165, 1.54) is 0 Å². The average molecular weight is 175 g/mol. The molecule has 0 aromatic carbocycles. The maximum absolute atomic E-state index is 11.8. The van der Waals surface area contributed by atoms with Crippen LogP contribution < -0.4 is 0 Å². The fourth-order valence-corrected chi connectivity index (χ4v) is 1.60.